The number of aromatic nitrogens is 1. The molecule has 24 heavy (non-hydrogen) atoms. The first-order chi connectivity index (χ1) is 11.5. The van der Waals surface area contributed by atoms with Crippen LogP contribution in [0.15, 0.2) is 42.7 Å². The normalized spacial score (nSPS) is 19.8. The molecule has 2 aromatic rings. The van der Waals surface area contributed by atoms with Crippen molar-refractivity contribution in [1.82, 2.24) is 10.3 Å². The number of carbonyl (C=O) groups is 2. The van der Waals surface area contributed by atoms with Crippen molar-refractivity contribution in [1.29, 1.82) is 0 Å². The number of benzene rings is 1. The molecule has 0 spiro atoms. The summed E-state index contributed by atoms with van der Waals surface area (Å²) in [5, 5.41) is 13.3. The Labute approximate surface area is 140 Å². The summed E-state index contributed by atoms with van der Waals surface area (Å²) in [4.78, 5) is 30.5. The van der Waals surface area contributed by atoms with Gasteiger partial charge in [-0.1, -0.05) is 12.1 Å². The van der Waals surface area contributed by atoms with Crippen molar-refractivity contribution in [3.05, 3.63) is 59.4 Å². The molecular formula is C18H19N3O3. The number of hydrogen-bond acceptors (Lipinski definition) is 4. The lowest BCUT2D eigenvalue weighted by molar-refractivity contribution is -0.123. The van der Waals surface area contributed by atoms with Crippen LogP contribution in [0.5, 0.6) is 0 Å². The van der Waals surface area contributed by atoms with Gasteiger partial charge in [-0.3, -0.25) is 14.6 Å². The lowest BCUT2D eigenvalue weighted by atomic mass is 9.92. The van der Waals surface area contributed by atoms with Crippen LogP contribution in [-0.4, -0.2) is 34.5 Å². The van der Waals surface area contributed by atoms with E-state index >= 15 is 0 Å². The van der Waals surface area contributed by atoms with Gasteiger partial charge >= 0.3 is 0 Å². The number of hydrogen-bond donors (Lipinski definition) is 2. The molecule has 2 atom stereocenters. The lowest BCUT2D eigenvalue weighted by Gasteiger charge is -2.37. The summed E-state index contributed by atoms with van der Waals surface area (Å²) in [6, 6.07) is 7.67. The molecule has 2 N–H and O–H groups in total. The number of aliphatic hydroxyl groups is 1. The highest BCUT2D eigenvalue weighted by Gasteiger charge is 2.40. The molecule has 1 aliphatic rings. The van der Waals surface area contributed by atoms with Crippen LogP contribution in [0, 0.1) is 6.92 Å². The maximum absolute atomic E-state index is 12.7. The monoisotopic (exact) mass is 325 g/mol. The number of carbonyl (C=O) groups excluding carboxylic acids is 2. The molecule has 1 aromatic heterocycles. The van der Waals surface area contributed by atoms with Crippen LogP contribution in [0.2, 0.25) is 0 Å². The van der Waals surface area contributed by atoms with Crippen molar-refractivity contribution in [3.63, 3.8) is 0 Å². The van der Waals surface area contributed by atoms with Crippen LogP contribution in [0.4, 0.5) is 5.69 Å². The summed E-state index contributed by atoms with van der Waals surface area (Å²) in [5.41, 5.74) is 2.74. The smallest absolute Gasteiger partial charge is 0.252 e. The fourth-order valence-corrected chi connectivity index (χ4v) is 2.93. The number of nitrogens with zero attached hydrogens (tertiary/aromatic N) is 2. The number of anilines is 1. The van der Waals surface area contributed by atoms with Crippen molar-refractivity contribution in [2.24, 2.45) is 0 Å². The first-order valence-corrected chi connectivity index (χ1v) is 7.83. The van der Waals surface area contributed by atoms with E-state index in [1.54, 1.807) is 23.1 Å². The number of likely N-dealkylation sites (N-methyl/N-ethyl adjacent to an activating group) is 1. The Morgan fingerprint density at radius 2 is 2.00 bits per heavy atom. The fourth-order valence-electron chi connectivity index (χ4n) is 2.93. The van der Waals surface area contributed by atoms with Crippen molar-refractivity contribution in [2.75, 3.05) is 11.4 Å². The number of rotatable bonds is 3. The van der Waals surface area contributed by atoms with Crippen LogP contribution in [0.25, 0.3) is 0 Å². The SMILES string of the molecule is CCN1C(=O)C(NC(=O)c2ccncc2)C(O)c2ccc(C)cc21. The second kappa shape index (κ2) is 6.41. The van der Waals surface area contributed by atoms with Gasteiger partial charge in [0.2, 0.25) is 0 Å². The third kappa shape index (κ3) is 2.76. The average Bonchev–Trinajstić information content (AvgIpc) is 2.59. The largest absolute Gasteiger partial charge is 0.386 e. The van der Waals surface area contributed by atoms with Crippen LogP contribution in [0.3, 0.4) is 0 Å². The van der Waals surface area contributed by atoms with Gasteiger partial charge in [-0.2, -0.15) is 0 Å². The zero-order valence-corrected chi connectivity index (χ0v) is 13.6. The number of nitrogens with one attached hydrogen (secondary N) is 1. The second-order valence-corrected chi connectivity index (χ2v) is 5.78. The van der Waals surface area contributed by atoms with E-state index in [0.717, 1.165) is 5.56 Å². The Morgan fingerprint density at radius 3 is 2.67 bits per heavy atom. The predicted octanol–water partition coefficient (Wildman–Crippen LogP) is 1.59. The molecule has 2 heterocycles. The maximum Gasteiger partial charge on any atom is 0.252 e. The molecular weight excluding hydrogens is 306 g/mol. The second-order valence-electron chi connectivity index (χ2n) is 5.78. The quantitative estimate of drug-likeness (QED) is 0.898. The molecule has 2 amide bonds. The molecule has 1 aromatic carbocycles. The molecule has 0 radical (unpaired) electrons. The minimum Gasteiger partial charge on any atom is -0.386 e. The summed E-state index contributed by atoms with van der Waals surface area (Å²) >= 11 is 0. The summed E-state index contributed by atoms with van der Waals surface area (Å²) in [5.74, 6) is -0.730. The number of pyridine rings is 1. The van der Waals surface area contributed by atoms with Crippen LogP contribution < -0.4 is 10.2 Å². The molecule has 3 rings (SSSR count). The highest BCUT2D eigenvalue weighted by atomic mass is 16.3. The van der Waals surface area contributed by atoms with E-state index in [1.165, 1.54) is 12.4 Å². The number of aliphatic hydroxyl groups excluding tert-OH is 1. The zero-order valence-electron chi connectivity index (χ0n) is 13.6. The molecule has 0 bridgehead atoms. The molecule has 0 saturated heterocycles. The van der Waals surface area contributed by atoms with Crippen LogP contribution in [0.1, 0.15) is 34.5 Å². The highest BCUT2D eigenvalue weighted by molar-refractivity contribution is 6.04. The zero-order chi connectivity index (χ0) is 17.3. The van der Waals surface area contributed by atoms with E-state index in [1.807, 2.05) is 26.0 Å². The minimum atomic E-state index is -1.08. The Hall–Kier alpha value is -2.73. The number of fused-ring (bicyclic) bond motifs is 1. The third-order valence-corrected chi connectivity index (χ3v) is 4.19. The van der Waals surface area contributed by atoms with Gasteiger partial charge in [-0.15, -0.1) is 0 Å². The third-order valence-electron chi connectivity index (χ3n) is 4.19. The molecule has 0 fully saturated rings. The van der Waals surface area contributed by atoms with Gasteiger partial charge in [0.05, 0.1) is 0 Å². The average molecular weight is 325 g/mol. The Bertz CT molecular complexity index is 776. The lowest BCUT2D eigenvalue weighted by Crippen LogP contribution is -2.55. The van der Waals surface area contributed by atoms with Crippen molar-refractivity contribution in [2.45, 2.75) is 26.0 Å². The van der Waals surface area contributed by atoms with Gasteiger partial charge < -0.3 is 15.3 Å². The first-order valence-electron chi connectivity index (χ1n) is 7.83. The van der Waals surface area contributed by atoms with E-state index < -0.39 is 18.1 Å². The molecule has 2 unspecified atom stereocenters. The van der Waals surface area contributed by atoms with Gasteiger partial charge in [0.15, 0.2) is 0 Å². The van der Waals surface area contributed by atoms with Crippen LogP contribution >= 0.6 is 0 Å². The van der Waals surface area contributed by atoms with Gasteiger partial charge in [-0.05, 0) is 37.6 Å². The van der Waals surface area contributed by atoms with Gasteiger partial charge in [-0.25, -0.2) is 0 Å². The topological polar surface area (TPSA) is 82.5 Å². The number of aryl methyl sites for hydroxylation is 1. The predicted molar refractivity (Wildman–Crippen MR) is 89.7 cm³/mol. The van der Waals surface area contributed by atoms with Gasteiger partial charge in [0, 0.05) is 35.8 Å². The maximum atomic E-state index is 12.7. The van der Waals surface area contributed by atoms with Gasteiger partial charge in [0.1, 0.15) is 12.1 Å². The van der Waals surface area contributed by atoms with Crippen molar-refractivity contribution >= 4 is 17.5 Å². The molecule has 124 valence electrons. The Morgan fingerprint density at radius 1 is 1.29 bits per heavy atom. The summed E-state index contributed by atoms with van der Waals surface area (Å²) < 4.78 is 0. The van der Waals surface area contributed by atoms with E-state index in [0.29, 0.717) is 23.4 Å². The Kier molecular flexibility index (Phi) is 4.31. The molecule has 0 aliphatic carbocycles. The first kappa shape index (κ1) is 16.1. The van der Waals surface area contributed by atoms with E-state index in [2.05, 4.69) is 10.3 Å². The van der Waals surface area contributed by atoms with E-state index in [4.69, 9.17) is 0 Å². The standard InChI is InChI=1S/C18H19N3O3/c1-3-21-14-10-11(2)4-5-13(14)16(22)15(18(21)24)20-17(23)12-6-8-19-9-7-12/h4-10,15-16,22H,3H2,1-2H3,(H,20,23). The number of amides is 2. The van der Waals surface area contributed by atoms with Gasteiger partial charge in [0.25, 0.3) is 11.8 Å². The minimum absolute atomic E-state index is 0.314. The van der Waals surface area contributed by atoms with Crippen LogP contribution in [-0.2, 0) is 4.79 Å². The van der Waals surface area contributed by atoms with Crippen molar-refractivity contribution in [3.8, 4) is 0 Å². The fraction of sp³-hybridized carbons (Fsp3) is 0.278. The van der Waals surface area contributed by atoms with Crippen molar-refractivity contribution < 1.29 is 14.7 Å². The van der Waals surface area contributed by atoms with E-state index in [9.17, 15) is 14.7 Å². The summed E-state index contributed by atoms with van der Waals surface area (Å²) in [7, 11) is 0. The summed E-state index contributed by atoms with van der Waals surface area (Å²) in [6.07, 6.45) is 1.93. The molecule has 1 aliphatic heterocycles. The molecule has 6 nitrogen and oxygen atoms in total. The summed E-state index contributed by atoms with van der Waals surface area (Å²) in [6.45, 7) is 4.26. The molecule has 6 heteroatoms. The highest BCUT2D eigenvalue weighted by Crippen LogP contribution is 2.35. The van der Waals surface area contributed by atoms with E-state index in [-0.39, 0.29) is 5.91 Å². The molecule has 0 saturated carbocycles. The Balaban J connectivity index is 1.93.